The number of hydrazine groups is 1. The lowest BCUT2D eigenvalue weighted by Crippen LogP contribution is -2.36. The fraction of sp³-hybridized carbons (Fsp3) is 0.250. The highest BCUT2D eigenvalue weighted by atomic mass is 16.5. The van der Waals surface area contributed by atoms with Crippen molar-refractivity contribution in [1.82, 2.24) is 15.4 Å². The molecule has 7 heteroatoms. The molecule has 2 N–H and O–H groups in total. The molecule has 0 saturated heterocycles. The molecule has 7 nitrogen and oxygen atoms in total. The van der Waals surface area contributed by atoms with E-state index in [1.807, 2.05) is 6.92 Å². The molecule has 0 spiro atoms. The summed E-state index contributed by atoms with van der Waals surface area (Å²) in [6.45, 7) is 1.93. The first-order valence-corrected chi connectivity index (χ1v) is 5.82. The lowest BCUT2D eigenvalue weighted by Gasteiger charge is -2.16. The second kappa shape index (κ2) is 4.36. The van der Waals surface area contributed by atoms with Crippen molar-refractivity contribution < 1.29 is 9.53 Å². The average Bonchev–Trinajstić information content (AvgIpc) is 3.03. The molecule has 2 aromatic heterocycles. The van der Waals surface area contributed by atoms with E-state index in [1.165, 1.54) is 0 Å². The first-order chi connectivity index (χ1) is 9.24. The van der Waals surface area contributed by atoms with E-state index in [4.69, 9.17) is 4.74 Å². The Morgan fingerprint density at radius 2 is 2.37 bits per heavy atom. The second-order valence-electron chi connectivity index (χ2n) is 4.20. The average molecular weight is 259 g/mol. The highest BCUT2D eigenvalue weighted by Gasteiger charge is 2.21. The molecule has 0 radical (unpaired) electrons. The molecule has 0 aromatic carbocycles. The maximum atomic E-state index is 11.1. The number of carbonyl (C=O) groups excluding carboxylic acids is 1. The number of carbonyl (C=O) groups is 1. The molecular formula is C12H13N5O2. The Labute approximate surface area is 109 Å². The van der Waals surface area contributed by atoms with Crippen LogP contribution in [-0.2, 0) is 0 Å². The van der Waals surface area contributed by atoms with Gasteiger partial charge in [-0.1, -0.05) is 0 Å². The third-order valence-corrected chi connectivity index (χ3v) is 2.99. The number of aliphatic imine (C=N–C) groups is 1. The zero-order valence-electron chi connectivity index (χ0n) is 10.5. The number of ether oxygens (including phenoxy) is 1. The van der Waals surface area contributed by atoms with E-state index in [0.29, 0.717) is 17.1 Å². The maximum absolute atomic E-state index is 11.1. The lowest BCUT2D eigenvalue weighted by atomic mass is 10.2. The van der Waals surface area contributed by atoms with Crippen LogP contribution in [0.4, 0.5) is 5.82 Å². The summed E-state index contributed by atoms with van der Waals surface area (Å²) in [5.41, 5.74) is 4.40. The third-order valence-electron chi connectivity index (χ3n) is 2.99. The Kier molecular flexibility index (Phi) is 2.68. The molecule has 0 aliphatic carbocycles. The van der Waals surface area contributed by atoms with Crippen LogP contribution in [0.2, 0.25) is 0 Å². The van der Waals surface area contributed by atoms with Gasteiger partial charge in [0.1, 0.15) is 18.3 Å². The molecule has 0 bridgehead atoms. The Morgan fingerprint density at radius 3 is 3.00 bits per heavy atom. The summed E-state index contributed by atoms with van der Waals surface area (Å²) in [7, 11) is 1.55. The summed E-state index contributed by atoms with van der Waals surface area (Å²) in [4.78, 5) is 22.7. The monoisotopic (exact) mass is 259 g/mol. The molecule has 1 unspecified atom stereocenters. The zero-order valence-corrected chi connectivity index (χ0v) is 10.5. The Bertz CT molecular complexity index is 663. The minimum absolute atomic E-state index is 0.000504. The van der Waals surface area contributed by atoms with Gasteiger partial charge in [-0.3, -0.25) is 9.79 Å². The zero-order chi connectivity index (χ0) is 13.4. The largest absolute Gasteiger partial charge is 0.494 e. The summed E-state index contributed by atoms with van der Waals surface area (Å²) in [5.74, 6) is 1.21. The molecule has 0 fully saturated rings. The number of aldehydes is 1. The number of nitrogens with zero attached hydrogens (tertiary/aromatic N) is 3. The normalized spacial score (nSPS) is 18.2. The van der Waals surface area contributed by atoms with Crippen molar-refractivity contribution >= 4 is 29.3 Å². The number of aromatic nitrogens is 2. The number of hydrogen-bond acceptors (Lipinski definition) is 6. The minimum atomic E-state index is -0.000504. The number of anilines is 1. The molecule has 3 heterocycles. The van der Waals surface area contributed by atoms with E-state index in [-0.39, 0.29) is 6.17 Å². The fourth-order valence-corrected chi connectivity index (χ4v) is 2.11. The van der Waals surface area contributed by atoms with Gasteiger partial charge in [-0.15, -0.1) is 0 Å². The SMILES string of the molecule is COc1cnc(N2C=NC(C)N2)c2[nH]cc(C=O)c12. The van der Waals surface area contributed by atoms with E-state index >= 15 is 0 Å². The van der Waals surface area contributed by atoms with Gasteiger partial charge in [0.25, 0.3) is 0 Å². The maximum Gasteiger partial charge on any atom is 0.173 e. The Hall–Kier alpha value is -2.41. The van der Waals surface area contributed by atoms with Gasteiger partial charge >= 0.3 is 0 Å². The molecule has 0 saturated carbocycles. The van der Waals surface area contributed by atoms with Crippen molar-refractivity contribution in [3.8, 4) is 5.75 Å². The van der Waals surface area contributed by atoms with Crippen LogP contribution in [0.1, 0.15) is 17.3 Å². The van der Waals surface area contributed by atoms with Gasteiger partial charge in [0.15, 0.2) is 12.1 Å². The van der Waals surface area contributed by atoms with Crippen LogP contribution < -0.4 is 15.2 Å². The molecule has 3 rings (SSSR count). The Balaban J connectivity index is 2.19. The number of H-pyrrole nitrogens is 1. The van der Waals surface area contributed by atoms with Crippen LogP contribution in [-0.4, -0.2) is 35.9 Å². The highest BCUT2D eigenvalue weighted by Crippen LogP contribution is 2.32. The van der Waals surface area contributed by atoms with Crippen LogP contribution in [0.15, 0.2) is 17.4 Å². The van der Waals surface area contributed by atoms with Crippen LogP contribution in [0, 0.1) is 0 Å². The predicted molar refractivity (Wildman–Crippen MR) is 71.6 cm³/mol. The summed E-state index contributed by atoms with van der Waals surface area (Å²) in [6.07, 6.45) is 5.69. The molecule has 98 valence electrons. The van der Waals surface area contributed by atoms with Crippen LogP contribution in [0.5, 0.6) is 5.75 Å². The van der Waals surface area contributed by atoms with E-state index < -0.39 is 0 Å². The number of nitrogens with one attached hydrogen (secondary N) is 2. The molecule has 0 amide bonds. The molecule has 19 heavy (non-hydrogen) atoms. The fourth-order valence-electron chi connectivity index (χ4n) is 2.11. The number of aromatic amines is 1. The van der Waals surface area contributed by atoms with Crippen molar-refractivity contribution in [3.63, 3.8) is 0 Å². The van der Waals surface area contributed by atoms with Crippen molar-refractivity contribution in [2.45, 2.75) is 13.1 Å². The van der Waals surface area contributed by atoms with Crippen molar-refractivity contribution in [2.75, 3.05) is 12.1 Å². The van der Waals surface area contributed by atoms with E-state index in [1.54, 1.807) is 30.9 Å². The topological polar surface area (TPSA) is 82.6 Å². The smallest absolute Gasteiger partial charge is 0.173 e. The quantitative estimate of drug-likeness (QED) is 0.806. The summed E-state index contributed by atoms with van der Waals surface area (Å²) in [5, 5.41) is 2.44. The van der Waals surface area contributed by atoms with Crippen molar-refractivity contribution in [2.24, 2.45) is 4.99 Å². The predicted octanol–water partition coefficient (Wildman–Crippen LogP) is 1.08. The first kappa shape index (κ1) is 11.7. The standard InChI is InChI=1S/C12H13N5O2/c1-7-15-6-17(16-7)12-11-10(8(5-18)3-13-11)9(19-2)4-14-12/h3-7,13,16H,1-2H3. The Morgan fingerprint density at radius 1 is 1.53 bits per heavy atom. The number of pyridine rings is 1. The van der Waals surface area contributed by atoms with Gasteiger partial charge in [0.05, 0.1) is 24.2 Å². The van der Waals surface area contributed by atoms with Gasteiger partial charge in [-0.25, -0.2) is 15.4 Å². The molecule has 2 aromatic rings. The lowest BCUT2D eigenvalue weighted by molar-refractivity contribution is 0.112. The number of hydrogen-bond donors (Lipinski definition) is 2. The summed E-state index contributed by atoms with van der Waals surface area (Å²) in [6, 6.07) is 0. The van der Waals surface area contributed by atoms with Crippen molar-refractivity contribution in [1.29, 1.82) is 0 Å². The van der Waals surface area contributed by atoms with Crippen LogP contribution in [0.3, 0.4) is 0 Å². The minimum Gasteiger partial charge on any atom is -0.494 e. The molecular weight excluding hydrogens is 246 g/mol. The highest BCUT2D eigenvalue weighted by molar-refractivity contribution is 6.06. The van der Waals surface area contributed by atoms with E-state index in [9.17, 15) is 4.79 Å². The van der Waals surface area contributed by atoms with Gasteiger partial charge < -0.3 is 9.72 Å². The van der Waals surface area contributed by atoms with Gasteiger partial charge in [0, 0.05) is 11.8 Å². The summed E-state index contributed by atoms with van der Waals surface area (Å²) < 4.78 is 5.25. The van der Waals surface area contributed by atoms with Gasteiger partial charge in [-0.2, -0.15) is 0 Å². The molecule has 1 aliphatic rings. The first-order valence-electron chi connectivity index (χ1n) is 5.82. The third kappa shape index (κ3) is 1.75. The number of rotatable bonds is 3. The number of methoxy groups -OCH3 is 1. The second-order valence-corrected chi connectivity index (χ2v) is 4.20. The van der Waals surface area contributed by atoms with Gasteiger partial charge in [0.2, 0.25) is 0 Å². The molecule has 1 atom stereocenters. The van der Waals surface area contributed by atoms with Crippen LogP contribution in [0.25, 0.3) is 10.9 Å². The molecule has 1 aliphatic heterocycles. The van der Waals surface area contributed by atoms with Crippen molar-refractivity contribution in [3.05, 3.63) is 18.0 Å². The number of fused-ring (bicyclic) bond motifs is 1. The van der Waals surface area contributed by atoms with E-state index in [2.05, 4.69) is 20.4 Å². The van der Waals surface area contributed by atoms with E-state index in [0.717, 1.165) is 17.2 Å². The van der Waals surface area contributed by atoms with Gasteiger partial charge in [-0.05, 0) is 6.92 Å². The van der Waals surface area contributed by atoms with Crippen LogP contribution >= 0.6 is 0 Å². The summed E-state index contributed by atoms with van der Waals surface area (Å²) >= 11 is 0.